The lowest BCUT2D eigenvalue weighted by molar-refractivity contribution is -0.137. The molecule has 42 heavy (non-hydrogen) atoms. The molecule has 13 heteroatoms. The van der Waals surface area contributed by atoms with Gasteiger partial charge in [-0.15, -0.1) is 0 Å². The summed E-state index contributed by atoms with van der Waals surface area (Å²) < 4.78 is 49.2. The van der Waals surface area contributed by atoms with Crippen LogP contribution >= 0.6 is 13.5 Å². The molecule has 8 nitrogen and oxygen atoms in total. The number of anilines is 1. The number of nitrogens with zero attached hydrogens (tertiary/aromatic N) is 6. The van der Waals surface area contributed by atoms with Crippen LogP contribution in [-0.4, -0.2) is 51.4 Å². The molecule has 1 aromatic carbocycles. The zero-order valence-electron chi connectivity index (χ0n) is 24.2. The second-order valence-electron chi connectivity index (χ2n) is 11.6. The Balaban J connectivity index is 0.00000405. The molecule has 5 rings (SSSR count). The van der Waals surface area contributed by atoms with Crippen molar-refractivity contribution in [3.8, 4) is 22.6 Å². The van der Waals surface area contributed by atoms with Gasteiger partial charge in [0.1, 0.15) is 18.2 Å². The summed E-state index contributed by atoms with van der Waals surface area (Å²) in [5, 5.41) is 4.54. The van der Waals surface area contributed by atoms with Gasteiger partial charge in [-0.3, -0.25) is 19.0 Å². The fourth-order valence-electron chi connectivity index (χ4n) is 4.87. The molecule has 1 aliphatic heterocycles. The second-order valence-corrected chi connectivity index (χ2v) is 17.2. The van der Waals surface area contributed by atoms with Crippen molar-refractivity contribution in [1.29, 1.82) is 0 Å². The van der Waals surface area contributed by atoms with Crippen LogP contribution in [0.3, 0.4) is 0 Å². The minimum Gasteiger partial charge on any atom is -0.361 e. The van der Waals surface area contributed by atoms with Gasteiger partial charge in [-0.25, -0.2) is 4.98 Å². The smallest absolute Gasteiger partial charge is 0.361 e. The highest BCUT2D eigenvalue weighted by Crippen LogP contribution is 2.36. The molecule has 224 valence electrons. The maximum Gasteiger partial charge on any atom is 0.416 e. The number of amides is 1. The normalized spacial score (nSPS) is 15.5. The number of rotatable bonds is 8. The van der Waals surface area contributed by atoms with Crippen molar-refractivity contribution in [2.24, 2.45) is 0 Å². The number of hydrogen-bond donors (Lipinski definition) is 0. The number of carbonyl (C=O) groups excluding carboxylic acids is 1. The highest BCUT2D eigenvalue weighted by atomic mass is 32.1. The Hall–Kier alpha value is -3.42. The van der Waals surface area contributed by atoms with Crippen molar-refractivity contribution in [1.82, 2.24) is 24.3 Å². The standard InChI is InChI=1S/C29H33F3N6O2Si.H2S/c1-19-14-21(10-11-33-19)27-34-16-25(37(27)18-40-12-13-41(3,4)5)24-15-35-38-20(2)17-36(28(39)26(24)38)23-8-6-22(7-9-23)29(30,31)32;/h6-11,14-16,20H,12-13,17-18H2,1-5H3;1H2/t20-;/m0./s1. The van der Waals surface area contributed by atoms with E-state index in [1.807, 2.05) is 30.5 Å². The zero-order valence-corrected chi connectivity index (χ0v) is 26.2. The third kappa shape index (κ3) is 6.47. The maximum absolute atomic E-state index is 13.9. The summed E-state index contributed by atoms with van der Waals surface area (Å²) in [6, 6.07) is 9.28. The lowest BCUT2D eigenvalue weighted by Crippen LogP contribution is -2.42. The number of pyridine rings is 1. The van der Waals surface area contributed by atoms with Gasteiger partial charge >= 0.3 is 6.18 Å². The van der Waals surface area contributed by atoms with Gasteiger partial charge < -0.3 is 9.64 Å². The molecule has 1 atom stereocenters. The maximum atomic E-state index is 13.9. The van der Waals surface area contributed by atoms with Crippen LogP contribution < -0.4 is 4.90 Å². The molecule has 0 saturated heterocycles. The molecule has 1 aliphatic rings. The van der Waals surface area contributed by atoms with Gasteiger partial charge in [-0.2, -0.15) is 31.8 Å². The van der Waals surface area contributed by atoms with Crippen LogP contribution in [0.5, 0.6) is 0 Å². The quantitative estimate of drug-likeness (QED) is 0.161. The van der Waals surface area contributed by atoms with Crippen molar-refractivity contribution < 1.29 is 22.7 Å². The molecule has 0 N–H and O–H groups in total. The number of alkyl halides is 3. The molecule has 0 spiro atoms. The third-order valence-corrected chi connectivity index (χ3v) is 8.82. The summed E-state index contributed by atoms with van der Waals surface area (Å²) in [6.07, 6.45) is 0.630. The molecule has 4 aromatic rings. The first-order chi connectivity index (χ1) is 19.3. The first-order valence-electron chi connectivity index (χ1n) is 13.5. The Morgan fingerprint density at radius 2 is 1.79 bits per heavy atom. The van der Waals surface area contributed by atoms with Crippen LogP contribution in [0.1, 0.15) is 34.7 Å². The Morgan fingerprint density at radius 1 is 1.07 bits per heavy atom. The van der Waals surface area contributed by atoms with Gasteiger partial charge in [0, 0.05) is 44.4 Å². The average molecular weight is 617 g/mol. The Bertz CT molecular complexity index is 1560. The van der Waals surface area contributed by atoms with E-state index in [1.54, 1.807) is 23.3 Å². The Morgan fingerprint density at radius 3 is 2.43 bits per heavy atom. The van der Waals surface area contributed by atoms with Crippen LogP contribution in [0.15, 0.2) is 55.0 Å². The lowest BCUT2D eigenvalue weighted by Gasteiger charge is -2.32. The topological polar surface area (TPSA) is 78.1 Å². The molecule has 0 aliphatic carbocycles. The van der Waals surface area contributed by atoms with Crippen molar-refractivity contribution in [2.75, 3.05) is 18.1 Å². The van der Waals surface area contributed by atoms with E-state index in [1.165, 1.54) is 17.0 Å². The average Bonchev–Trinajstić information content (AvgIpc) is 3.53. The predicted molar refractivity (Wildman–Crippen MR) is 164 cm³/mol. The van der Waals surface area contributed by atoms with Gasteiger partial charge in [0.05, 0.1) is 35.3 Å². The molecule has 4 heterocycles. The summed E-state index contributed by atoms with van der Waals surface area (Å²) in [7, 11) is -1.31. The van der Waals surface area contributed by atoms with E-state index < -0.39 is 19.8 Å². The van der Waals surface area contributed by atoms with Crippen molar-refractivity contribution in [3.63, 3.8) is 0 Å². The van der Waals surface area contributed by atoms with Gasteiger partial charge in [0.25, 0.3) is 5.91 Å². The molecular weight excluding hydrogens is 582 g/mol. The molecule has 0 saturated carbocycles. The van der Waals surface area contributed by atoms with E-state index >= 15 is 0 Å². The van der Waals surface area contributed by atoms with E-state index in [2.05, 4.69) is 29.7 Å². The molecular formula is C29H35F3N6O2SSi. The predicted octanol–water partition coefficient (Wildman–Crippen LogP) is 6.78. The van der Waals surface area contributed by atoms with E-state index in [9.17, 15) is 18.0 Å². The summed E-state index contributed by atoms with van der Waals surface area (Å²) in [6.45, 7) is 11.8. The number of carbonyl (C=O) groups is 1. The first kappa shape index (κ1) is 31.5. The monoisotopic (exact) mass is 616 g/mol. The number of hydrogen-bond acceptors (Lipinski definition) is 5. The van der Waals surface area contributed by atoms with Crippen molar-refractivity contribution >= 4 is 33.2 Å². The van der Waals surface area contributed by atoms with E-state index in [0.717, 1.165) is 29.4 Å². The number of fused-ring (bicyclic) bond motifs is 1. The number of aromatic nitrogens is 5. The number of aryl methyl sites for hydroxylation is 1. The Kier molecular flexibility index (Phi) is 9.04. The van der Waals surface area contributed by atoms with Gasteiger partial charge in [-0.1, -0.05) is 19.6 Å². The van der Waals surface area contributed by atoms with E-state index in [-0.39, 0.29) is 38.7 Å². The largest absolute Gasteiger partial charge is 0.416 e. The van der Waals surface area contributed by atoms with Crippen LogP contribution in [-0.2, 0) is 17.6 Å². The van der Waals surface area contributed by atoms with Crippen LogP contribution in [0.25, 0.3) is 22.6 Å². The van der Waals surface area contributed by atoms with Crippen LogP contribution in [0, 0.1) is 6.92 Å². The SMILES string of the molecule is Cc1cc(-c2ncc(-c3cnn4c3C(=O)N(c3ccc(C(F)(F)F)cc3)C[C@@H]4C)n2COCC[Si](C)(C)C)ccn1.S. The summed E-state index contributed by atoms with van der Waals surface area (Å²) in [4.78, 5) is 24.4. The summed E-state index contributed by atoms with van der Waals surface area (Å²) in [5.41, 5.74) is 2.94. The molecule has 0 bridgehead atoms. The minimum atomic E-state index is -4.45. The summed E-state index contributed by atoms with van der Waals surface area (Å²) in [5.74, 6) is 0.332. The van der Waals surface area contributed by atoms with Crippen molar-refractivity contribution in [2.45, 2.75) is 58.5 Å². The fourth-order valence-corrected chi connectivity index (χ4v) is 5.63. The highest BCUT2D eigenvalue weighted by molar-refractivity contribution is 7.59. The molecule has 0 unspecified atom stereocenters. The third-order valence-electron chi connectivity index (χ3n) is 7.12. The second kappa shape index (κ2) is 12.1. The number of halogens is 3. The van der Waals surface area contributed by atoms with E-state index in [4.69, 9.17) is 9.72 Å². The number of benzene rings is 1. The van der Waals surface area contributed by atoms with Gasteiger partial charge in [0.15, 0.2) is 0 Å². The van der Waals surface area contributed by atoms with E-state index in [0.29, 0.717) is 35.1 Å². The highest BCUT2D eigenvalue weighted by Gasteiger charge is 2.36. The van der Waals surface area contributed by atoms with Crippen LogP contribution in [0.4, 0.5) is 18.9 Å². The molecule has 0 fully saturated rings. The lowest BCUT2D eigenvalue weighted by atomic mass is 10.1. The van der Waals surface area contributed by atoms with Gasteiger partial charge in [0.2, 0.25) is 0 Å². The first-order valence-corrected chi connectivity index (χ1v) is 17.2. The number of ether oxygens (including phenoxy) is 1. The fraction of sp³-hybridized carbons (Fsp3) is 0.379. The van der Waals surface area contributed by atoms with Crippen molar-refractivity contribution in [3.05, 3.63) is 71.9 Å². The minimum absolute atomic E-state index is 0. The molecule has 1 amide bonds. The molecule has 0 radical (unpaired) electrons. The zero-order chi connectivity index (χ0) is 29.5. The number of imidazole rings is 1. The van der Waals surface area contributed by atoms with Crippen LogP contribution in [0.2, 0.25) is 25.7 Å². The summed E-state index contributed by atoms with van der Waals surface area (Å²) >= 11 is 0. The van der Waals surface area contributed by atoms with Gasteiger partial charge in [-0.05, 0) is 56.3 Å². The molecule has 3 aromatic heterocycles. The Labute approximate surface area is 251 Å².